The van der Waals surface area contributed by atoms with E-state index in [-0.39, 0.29) is 6.32 Å². The Hall–Kier alpha value is -0.415. The average Bonchev–Trinajstić information content (AvgIpc) is 2.17. The molecule has 1 rings (SSSR count). The second-order valence-electron chi connectivity index (χ2n) is 4.42. The quantitative estimate of drug-likeness (QED) is 0.643. The first-order valence-corrected chi connectivity index (χ1v) is 4.61. The molecule has 0 unspecified atom stereocenters. The molecule has 0 radical (unpaired) electrons. The van der Waals surface area contributed by atoms with Gasteiger partial charge in [0.1, 0.15) is 0 Å². The summed E-state index contributed by atoms with van der Waals surface area (Å²) in [6.45, 7) is 7.57. The van der Waals surface area contributed by atoms with Gasteiger partial charge in [-0.3, -0.25) is 0 Å². The van der Waals surface area contributed by atoms with Crippen LogP contribution in [0.4, 0.5) is 8.78 Å². The van der Waals surface area contributed by atoms with Crippen LogP contribution in [0.15, 0.2) is 12.2 Å². The van der Waals surface area contributed by atoms with E-state index in [2.05, 4.69) is 0 Å². The largest absolute Gasteiger partial charge is 0.462 e. The molecular weight excluding hydrogens is 189 g/mol. The van der Waals surface area contributed by atoms with Gasteiger partial charge in [0.25, 0.3) is 6.08 Å². The summed E-state index contributed by atoms with van der Waals surface area (Å²) in [4.78, 5) is 0. The third-order valence-electron chi connectivity index (χ3n) is 2.77. The van der Waals surface area contributed by atoms with Gasteiger partial charge in [0.2, 0.25) is 0 Å². The lowest BCUT2D eigenvalue weighted by molar-refractivity contribution is 0.00578. The molecule has 0 aliphatic carbocycles. The van der Waals surface area contributed by atoms with E-state index >= 15 is 0 Å². The molecule has 80 valence electrons. The van der Waals surface area contributed by atoms with Crippen LogP contribution in [0.2, 0.25) is 6.32 Å². The maximum absolute atomic E-state index is 11.8. The van der Waals surface area contributed by atoms with Crippen molar-refractivity contribution < 1.29 is 18.1 Å². The molecule has 0 saturated carbocycles. The van der Waals surface area contributed by atoms with Gasteiger partial charge in [-0.05, 0) is 33.8 Å². The van der Waals surface area contributed by atoms with Crippen molar-refractivity contribution in [3.63, 3.8) is 0 Å². The molecule has 1 saturated heterocycles. The third-order valence-corrected chi connectivity index (χ3v) is 2.77. The number of halogens is 2. The summed E-state index contributed by atoms with van der Waals surface area (Å²) in [7, 11) is -0.568. The molecule has 0 spiro atoms. The fourth-order valence-corrected chi connectivity index (χ4v) is 1.25. The van der Waals surface area contributed by atoms with Gasteiger partial charge < -0.3 is 9.31 Å². The second-order valence-corrected chi connectivity index (χ2v) is 4.42. The van der Waals surface area contributed by atoms with Crippen molar-refractivity contribution in [2.75, 3.05) is 0 Å². The van der Waals surface area contributed by atoms with Crippen molar-refractivity contribution >= 4 is 7.12 Å². The van der Waals surface area contributed by atoms with Crippen LogP contribution in [0.3, 0.4) is 0 Å². The Kier molecular flexibility index (Phi) is 3.02. The maximum Gasteiger partial charge on any atom is 0.462 e. The predicted molar refractivity (Wildman–Crippen MR) is 51.2 cm³/mol. The Balaban J connectivity index is 2.60. The van der Waals surface area contributed by atoms with E-state index in [4.69, 9.17) is 9.31 Å². The number of hydrogen-bond acceptors (Lipinski definition) is 2. The smallest absolute Gasteiger partial charge is 0.403 e. The highest BCUT2D eigenvalue weighted by Crippen LogP contribution is 2.37. The lowest BCUT2D eigenvalue weighted by Gasteiger charge is -2.32. The van der Waals surface area contributed by atoms with Crippen molar-refractivity contribution in [2.45, 2.75) is 45.2 Å². The van der Waals surface area contributed by atoms with Crippen LogP contribution in [0.1, 0.15) is 27.7 Å². The van der Waals surface area contributed by atoms with Crippen molar-refractivity contribution in [2.24, 2.45) is 0 Å². The highest BCUT2D eigenvalue weighted by atomic mass is 19.3. The Bertz CT molecular complexity index is 231. The molecule has 1 aliphatic rings. The van der Waals surface area contributed by atoms with Crippen LogP contribution in [-0.4, -0.2) is 18.3 Å². The summed E-state index contributed by atoms with van der Waals surface area (Å²) >= 11 is 0. The van der Waals surface area contributed by atoms with Gasteiger partial charge in [-0.15, -0.1) is 0 Å². The van der Waals surface area contributed by atoms with Gasteiger partial charge >= 0.3 is 7.12 Å². The minimum atomic E-state index is -1.69. The minimum absolute atomic E-state index is 0.0925. The van der Waals surface area contributed by atoms with E-state index in [9.17, 15) is 8.78 Å². The predicted octanol–water partition coefficient (Wildman–Crippen LogP) is 2.86. The summed E-state index contributed by atoms with van der Waals surface area (Å²) in [5.74, 6) is 0. The van der Waals surface area contributed by atoms with Crippen LogP contribution in [-0.2, 0) is 9.31 Å². The fourth-order valence-electron chi connectivity index (χ4n) is 1.25. The third kappa shape index (κ3) is 2.33. The first-order chi connectivity index (χ1) is 6.24. The summed E-state index contributed by atoms with van der Waals surface area (Å²) in [6.07, 6.45) is -0.781. The first kappa shape index (κ1) is 11.7. The zero-order chi connectivity index (χ0) is 11.0. The number of hydrogen-bond donors (Lipinski definition) is 0. The maximum atomic E-state index is 11.8. The first-order valence-electron chi connectivity index (χ1n) is 4.61. The van der Waals surface area contributed by atoms with Crippen molar-refractivity contribution in [1.29, 1.82) is 0 Å². The van der Waals surface area contributed by atoms with E-state index in [0.717, 1.165) is 6.08 Å². The van der Waals surface area contributed by atoms with Gasteiger partial charge in [0.15, 0.2) is 0 Å². The van der Waals surface area contributed by atoms with Crippen LogP contribution < -0.4 is 0 Å². The zero-order valence-electron chi connectivity index (χ0n) is 8.93. The summed E-state index contributed by atoms with van der Waals surface area (Å²) < 4.78 is 34.7. The second kappa shape index (κ2) is 3.63. The van der Waals surface area contributed by atoms with E-state index in [1.54, 1.807) is 0 Å². The highest BCUT2D eigenvalue weighted by Gasteiger charge is 2.50. The van der Waals surface area contributed by atoms with Crippen molar-refractivity contribution in [3.05, 3.63) is 12.2 Å². The molecule has 0 bridgehead atoms. The lowest BCUT2D eigenvalue weighted by Crippen LogP contribution is -2.41. The monoisotopic (exact) mass is 204 g/mol. The van der Waals surface area contributed by atoms with Gasteiger partial charge in [-0.25, -0.2) is 0 Å². The van der Waals surface area contributed by atoms with E-state index < -0.39 is 24.4 Å². The van der Waals surface area contributed by atoms with Gasteiger partial charge in [-0.2, -0.15) is 8.78 Å². The molecule has 5 heteroatoms. The molecule has 0 atom stereocenters. The Morgan fingerprint density at radius 2 is 1.57 bits per heavy atom. The summed E-state index contributed by atoms with van der Waals surface area (Å²) in [5.41, 5.74) is -0.892. The normalized spacial score (nSPS) is 23.7. The number of rotatable bonds is 2. The van der Waals surface area contributed by atoms with Gasteiger partial charge in [-0.1, -0.05) is 0 Å². The van der Waals surface area contributed by atoms with Crippen molar-refractivity contribution in [1.82, 2.24) is 0 Å². The van der Waals surface area contributed by atoms with Gasteiger partial charge in [0, 0.05) is 6.32 Å². The molecule has 1 heterocycles. The molecule has 0 aromatic rings. The van der Waals surface area contributed by atoms with Crippen LogP contribution >= 0.6 is 0 Å². The Morgan fingerprint density at radius 1 is 1.14 bits per heavy atom. The van der Waals surface area contributed by atoms with Crippen molar-refractivity contribution in [3.8, 4) is 0 Å². The molecule has 0 amide bonds. The molecule has 2 nitrogen and oxygen atoms in total. The van der Waals surface area contributed by atoms with Crippen LogP contribution in [0, 0.1) is 0 Å². The highest BCUT2D eigenvalue weighted by molar-refractivity contribution is 6.46. The summed E-state index contributed by atoms with van der Waals surface area (Å²) in [5, 5.41) is 0. The number of allylic oxidation sites excluding steroid dienone is 1. The Morgan fingerprint density at radius 3 is 1.93 bits per heavy atom. The minimum Gasteiger partial charge on any atom is -0.403 e. The molecule has 0 aromatic carbocycles. The van der Waals surface area contributed by atoms with Crippen LogP contribution in [0.5, 0.6) is 0 Å². The standard InChI is InChI=1S/C9H15BF2O2/c1-8(2)9(3,4)14-10(13-8)6-5-7(11)12/h5H,6H2,1-4H3. The molecular formula is C9H15BF2O2. The molecule has 0 aromatic heterocycles. The zero-order valence-corrected chi connectivity index (χ0v) is 8.93. The molecule has 1 aliphatic heterocycles. The fraction of sp³-hybridized carbons (Fsp3) is 0.778. The topological polar surface area (TPSA) is 18.5 Å². The van der Waals surface area contributed by atoms with Crippen LogP contribution in [0.25, 0.3) is 0 Å². The van der Waals surface area contributed by atoms with E-state index in [1.165, 1.54) is 0 Å². The Labute approximate surface area is 83.4 Å². The lowest BCUT2D eigenvalue weighted by atomic mass is 9.85. The van der Waals surface area contributed by atoms with E-state index in [0.29, 0.717) is 0 Å². The van der Waals surface area contributed by atoms with Gasteiger partial charge in [0.05, 0.1) is 11.2 Å². The summed E-state index contributed by atoms with van der Waals surface area (Å²) in [6, 6.07) is 0. The SMILES string of the molecule is CC1(C)OB(CC=C(F)F)OC1(C)C. The average molecular weight is 204 g/mol. The molecule has 14 heavy (non-hydrogen) atoms. The molecule has 1 fully saturated rings. The molecule has 0 N–H and O–H groups in total. The van der Waals surface area contributed by atoms with E-state index in [1.807, 2.05) is 27.7 Å².